The van der Waals surface area contributed by atoms with E-state index in [0.29, 0.717) is 34.6 Å². The van der Waals surface area contributed by atoms with Crippen LogP contribution >= 0.6 is 0 Å². The number of fused-ring (bicyclic) bond motifs is 6. The van der Waals surface area contributed by atoms with Crippen LogP contribution in [0.25, 0.3) is 0 Å². The molecule has 2 spiro atoms. The lowest BCUT2D eigenvalue weighted by Crippen LogP contribution is -2.65. The lowest BCUT2D eigenvalue weighted by molar-refractivity contribution is -0.201. The summed E-state index contributed by atoms with van der Waals surface area (Å²) < 4.78 is 16.4. The van der Waals surface area contributed by atoms with Crippen molar-refractivity contribution in [1.82, 2.24) is 0 Å². The van der Waals surface area contributed by atoms with Crippen LogP contribution < -0.4 is 0 Å². The third kappa shape index (κ3) is 6.90. The summed E-state index contributed by atoms with van der Waals surface area (Å²) in [6.07, 6.45) is 5.99. The first-order valence-electron chi connectivity index (χ1n) is 22.8. The Hall–Kier alpha value is -4.01. The minimum absolute atomic E-state index is 0. The van der Waals surface area contributed by atoms with Gasteiger partial charge in [0.2, 0.25) is 0 Å². The molecule has 0 heterocycles. The van der Waals surface area contributed by atoms with Gasteiger partial charge in [0, 0.05) is 23.0 Å². The summed E-state index contributed by atoms with van der Waals surface area (Å²) in [6, 6.07) is 0. The topological polar surface area (TPSA) is 214 Å². The molecule has 0 aromatic heterocycles. The second-order valence-corrected chi connectivity index (χ2v) is 21.5. The number of ether oxygens (including phenoxy) is 3. The molecular weight excluding hydrogens is 845 g/mol. The van der Waals surface area contributed by atoms with Gasteiger partial charge in [-0.05, 0) is 123 Å². The molecule has 4 bridgehead atoms. The molecule has 4 fully saturated rings. The standard InChI is InChI=1S/C26H34O7.C25H34O6.2CH4/c1-7-13(2)23(30)33-22-14(3)10-25-15(4)8-18-19(24(18,5)6)17(21(25)29)9-16(11-32-12-27)20(28)26(22,25)31;1-7-12(2)22(29)31-21-13(3)10-24-14(4)8-17-18(23(17,5)6)16(20(24)28)9-15(11-26)19(27)25(21,24)30;;/h7,9-10,12,15,17-20,22,28,31H,8,11H2,1-6H3;7,9-10,14,16-19,21,26-27,30H,8,11H2,1-6H3;2*1H4/b13-7-;12-7-;;/t15-,17+,18-,19+,20-,22+,25+,26+;14-,16+,17-,18+,19-,21+,24+,25+;;/m11../s1. The van der Waals surface area contributed by atoms with Crippen LogP contribution in [0.2, 0.25) is 0 Å². The molecule has 0 unspecified atom stereocenters. The fourth-order valence-electron chi connectivity index (χ4n) is 13.9. The quantitative estimate of drug-likeness (QED) is 0.0612. The minimum Gasteiger partial charge on any atom is -0.463 e. The summed E-state index contributed by atoms with van der Waals surface area (Å²) in [6.45, 7) is 22.1. The Morgan fingerprint density at radius 1 is 0.712 bits per heavy atom. The number of Topliss-reactive ketones (excluding diaryl/α,β-unsaturated/α-hetero) is 2. The molecule has 366 valence electrons. The normalized spacial score (nSPS) is 43.0. The zero-order chi connectivity index (χ0) is 47.6. The molecule has 0 aliphatic heterocycles. The number of aliphatic hydroxyl groups excluding tert-OH is 3. The van der Waals surface area contributed by atoms with Crippen LogP contribution in [0, 0.1) is 69.0 Å². The fourth-order valence-corrected chi connectivity index (χ4v) is 13.9. The first-order chi connectivity index (χ1) is 29.8. The number of carbonyl (C=O) groups is 5. The van der Waals surface area contributed by atoms with Crippen molar-refractivity contribution in [1.29, 1.82) is 0 Å². The third-order valence-corrected chi connectivity index (χ3v) is 17.9. The average Bonchev–Trinajstić information content (AvgIpc) is 3.96. The summed E-state index contributed by atoms with van der Waals surface area (Å²) >= 11 is 0. The van der Waals surface area contributed by atoms with E-state index in [-0.39, 0.29) is 91.1 Å². The molecule has 0 amide bonds. The van der Waals surface area contributed by atoms with Crippen molar-refractivity contribution in [3.8, 4) is 0 Å². The molecule has 0 saturated heterocycles. The van der Waals surface area contributed by atoms with E-state index >= 15 is 0 Å². The predicted octanol–water partition coefficient (Wildman–Crippen LogP) is 6.12. The average molecular weight is 921 g/mol. The van der Waals surface area contributed by atoms with Crippen LogP contribution in [0.1, 0.15) is 111 Å². The number of hydrogen-bond donors (Lipinski definition) is 5. The SMILES string of the molecule is C.C.C/C=C(/C)C(=O)O[C@H]1C(C)=C[C@]23C(=O)[C@@H](C=C(CO)[C@@H](O)[C@]12O)[C@H]1[C@@H](C[C@H]3C)C1(C)C.C/C=C(/C)C(=O)O[C@H]1C(C)=C[C@]23C(=O)[C@@H](C=C(COC=O)[C@@H](O)[C@]12O)[C@H]1[C@@H](C[C@H]3C)C1(C)C. The monoisotopic (exact) mass is 921 g/mol. The number of ketones is 2. The molecule has 4 saturated carbocycles. The summed E-state index contributed by atoms with van der Waals surface area (Å²) in [5.41, 5.74) is -4.82. The van der Waals surface area contributed by atoms with Gasteiger partial charge < -0.3 is 39.7 Å². The molecule has 8 aliphatic rings. The van der Waals surface area contributed by atoms with Gasteiger partial charge in [-0.3, -0.25) is 14.4 Å². The molecule has 13 nitrogen and oxygen atoms in total. The van der Waals surface area contributed by atoms with Gasteiger partial charge in [0.1, 0.15) is 18.8 Å². The molecule has 8 aliphatic carbocycles. The van der Waals surface area contributed by atoms with Crippen molar-refractivity contribution in [2.24, 2.45) is 69.0 Å². The predicted molar refractivity (Wildman–Crippen MR) is 248 cm³/mol. The molecule has 66 heavy (non-hydrogen) atoms. The zero-order valence-electron chi connectivity index (χ0n) is 39.3. The Morgan fingerprint density at radius 3 is 1.42 bits per heavy atom. The Morgan fingerprint density at radius 2 is 1.08 bits per heavy atom. The van der Waals surface area contributed by atoms with Crippen molar-refractivity contribution >= 4 is 30.0 Å². The van der Waals surface area contributed by atoms with E-state index in [1.807, 2.05) is 13.8 Å². The molecular formula is C53H76O13. The Labute approximate surface area is 391 Å². The molecule has 0 aromatic carbocycles. The molecule has 0 radical (unpaired) electrons. The zero-order valence-corrected chi connectivity index (χ0v) is 39.3. The van der Waals surface area contributed by atoms with Crippen molar-refractivity contribution in [2.75, 3.05) is 13.2 Å². The van der Waals surface area contributed by atoms with E-state index in [2.05, 4.69) is 27.7 Å². The van der Waals surface area contributed by atoms with Crippen LogP contribution in [0.4, 0.5) is 0 Å². The summed E-state index contributed by atoms with van der Waals surface area (Å²) in [5.74, 6) is -2.42. The maximum absolute atomic E-state index is 14.3. The van der Waals surface area contributed by atoms with Gasteiger partial charge in [0.15, 0.2) is 35.0 Å². The molecule has 0 aromatic rings. The highest BCUT2D eigenvalue weighted by Gasteiger charge is 2.78. The van der Waals surface area contributed by atoms with Gasteiger partial charge in [-0.2, -0.15) is 0 Å². The van der Waals surface area contributed by atoms with Gasteiger partial charge in [0.25, 0.3) is 6.47 Å². The van der Waals surface area contributed by atoms with Crippen LogP contribution in [0.5, 0.6) is 0 Å². The van der Waals surface area contributed by atoms with Crippen LogP contribution in [-0.4, -0.2) is 104 Å². The van der Waals surface area contributed by atoms with Gasteiger partial charge in [0.05, 0.1) is 17.4 Å². The number of allylic oxidation sites excluding steroid dienone is 4. The second kappa shape index (κ2) is 17.5. The van der Waals surface area contributed by atoms with Crippen molar-refractivity contribution < 1.29 is 63.7 Å². The summed E-state index contributed by atoms with van der Waals surface area (Å²) in [7, 11) is 0. The van der Waals surface area contributed by atoms with Gasteiger partial charge >= 0.3 is 11.9 Å². The number of esters is 2. The summed E-state index contributed by atoms with van der Waals surface area (Å²) in [4.78, 5) is 64.7. The van der Waals surface area contributed by atoms with Gasteiger partial charge in [-0.25, -0.2) is 9.59 Å². The van der Waals surface area contributed by atoms with E-state index in [0.717, 1.165) is 6.42 Å². The number of rotatable bonds is 8. The number of hydrogen-bond acceptors (Lipinski definition) is 13. The molecule has 5 N–H and O–H groups in total. The number of aliphatic hydroxyl groups is 5. The highest BCUT2D eigenvalue weighted by atomic mass is 16.6. The van der Waals surface area contributed by atoms with Gasteiger partial charge in [-0.1, -0.05) is 92.9 Å². The van der Waals surface area contributed by atoms with E-state index in [4.69, 9.17) is 14.2 Å². The first-order valence-corrected chi connectivity index (χ1v) is 22.8. The Bertz CT molecular complexity index is 2220. The molecule has 16 atom stereocenters. The Kier molecular flexibility index (Phi) is 14.0. The Balaban J connectivity index is 0.000000241. The van der Waals surface area contributed by atoms with Crippen molar-refractivity contribution in [3.63, 3.8) is 0 Å². The minimum atomic E-state index is -2.12. The van der Waals surface area contributed by atoms with Crippen LogP contribution in [0.3, 0.4) is 0 Å². The summed E-state index contributed by atoms with van der Waals surface area (Å²) in [5, 5.41) is 57.6. The van der Waals surface area contributed by atoms with Crippen LogP contribution in [0.15, 0.2) is 69.9 Å². The van der Waals surface area contributed by atoms with Crippen LogP contribution in [-0.2, 0) is 38.2 Å². The highest BCUT2D eigenvalue weighted by molar-refractivity contribution is 5.97. The lowest BCUT2D eigenvalue weighted by atomic mass is 9.59. The number of carbonyl (C=O) groups excluding carboxylic acids is 5. The van der Waals surface area contributed by atoms with Gasteiger partial charge in [-0.15, -0.1) is 0 Å². The van der Waals surface area contributed by atoms with E-state index in [1.165, 1.54) is 0 Å². The maximum Gasteiger partial charge on any atom is 0.334 e. The smallest absolute Gasteiger partial charge is 0.334 e. The van der Waals surface area contributed by atoms with E-state index in [9.17, 15) is 49.5 Å². The lowest BCUT2D eigenvalue weighted by Gasteiger charge is -2.48. The van der Waals surface area contributed by atoms with E-state index in [1.54, 1.807) is 78.0 Å². The molecule has 13 heteroatoms. The molecule has 8 rings (SSSR count). The maximum atomic E-state index is 14.3. The van der Waals surface area contributed by atoms with E-state index < -0.39 is 76.8 Å². The van der Waals surface area contributed by atoms with Crippen molar-refractivity contribution in [2.45, 2.75) is 146 Å². The first kappa shape index (κ1) is 53.0. The fraction of sp³-hybridized carbons (Fsp3) is 0.679. The third-order valence-electron chi connectivity index (χ3n) is 17.9. The largest absolute Gasteiger partial charge is 0.463 e. The van der Waals surface area contributed by atoms with Crippen molar-refractivity contribution in [3.05, 3.63) is 69.9 Å². The second-order valence-electron chi connectivity index (χ2n) is 21.5. The highest BCUT2D eigenvalue weighted by Crippen LogP contribution is 2.73.